The minimum atomic E-state index is 0.0627. The molecule has 0 aliphatic carbocycles. The van der Waals surface area contributed by atoms with Crippen molar-refractivity contribution in [2.75, 3.05) is 7.05 Å². The maximum absolute atomic E-state index is 13.1. The molecule has 0 bridgehead atoms. The van der Waals surface area contributed by atoms with E-state index in [4.69, 9.17) is 4.98 Å². The lowest BCUT2D eigenvalue weighted by Gasteiger charge is -2.19. The van der Waals surface area contributed by atoms with Gasteiger partial charge in [-0.3, -0.25) is 4.79 Å². The summed E-state index contributed by atoms with van der Waals surface area (Å²) in [5, 5.41) is 0. The highest BCUT2D eigenvalue weighted by atomic mass is 16.2. The van der Waals surface area contributed by atoms with Crippen LogP contribution in [0, 0.1) is 0 Å². The first kappa shape index (κ1) is 21.7. The van der Waals surface area contributed by atoms with Crippen LogP contribution < -0.4 is 0 Å². The normalized spacial score (nSPS) is 11.0. The van der Waals surface area contributed by atoms with E-state index in [0.29, 0.717) is 13.0 Å². The van der Waals surface area contributed by atoms with E-state index in [9.17, 15) is 4.79 Å². The van der Waals surface area contributed by atoms with Crippen LogP contribution >= 0.6 is 0 Å². The van der Waals surface area contributed by atoms with Crippen LogP contribution in [-0.2, 0) is 24.3 Å². The number of imidazole rings is 1. The molecular weight excluding hydrogens is 418 g/mol. The third-order valence-corrected chi connectivity index (χ3v) is 6.14. The molecule has 34 heavy (non-hydrogen) atoms. The molecule has 0 aliphatic heterocycles. The van der Waals surface area contributed by atoms with Crippen LogP contribution in [0.15, 0.2) is 109 Å². The summed E-state index contributed by atoms with van der Waals surface area (Å²) >= 11 is 0. The molecule has 168 valence electrons. The molecule has 1 aromatic heterocycles. The quantitative estimate of drug-likeness (QED) is 0.310. The van der Waals surface area contributed by atoms with Crippen molar-refractivity contribution in [1.29, 1.82) is 0 Å². The second kappa shape index (κ2) is 9.75. The highest BCUT2D eigenvalue weighted by Gasteiger charge is 2.17. The van der Waals surface area contributed by atoms with E-state index >= 15 is 0 Å². The maximum Gasteiger partial charge on any atom is 0.242 e. The van der Waals surface area contributed by atoms with E-state index in [2.05, 4.69) is 53.1 Å². The molecule has 1 heterocycles. The number of amides is 1. The Bertz CT molecular complexity index is 1390. The number of nitrogens with zero attached hydrogens (tertiary/aromatic N) is 3. The fraction of sp³-hybridized carbons (Fsp3) is 0.133. The van der Waals surface area contributed by atoms with Crippen molar-refractivity contribution in [2.45, 2.75) is 19.5 Å². The van der Waals surface area contributed by atoms with Gasteiger partial charge in [-0.15, -0.1) is 0 Å². The molecule has 0 N–H and O–H groups in total. The smallest absolute Gasteiger partial charge is 0.242 e. The van der Waals surface area contributed by atoms with Gasteiger partial charge in [-0.25, -0.2) is 4.98 Å². The maximum atomic E-state index is 13.1. The van der Waals surface area contributed by atoms with Crippen LogP contribution in [0.4, 0.5) is 0 Å². The standard InChI is InChI=1S/C30H27N3O/c1-32(21-24-10-4-2-5-11-24)30(34)22-33-28-15-9-8-14-27(28)31-29(33)20-23-16-18-26(19-17-23)25-12-6-3-7-13-25/h2-19H,20-22H2,1H3. The first-order valence-electron chi connectivity index (χ1n) is 11.5. The number of benzene rings is 4. The van der Waals surface area contributed by atoms with Gasteiger partial charge in [0.1, 0.15) is 12.4 Å². The lowest BCUT2D eigenvalue weighted by molar-refractivity contribution is -0.131. The first-order chi connectivity index (χ1) is 16.7. The third-order valence-electron chi connectivity index (χ3n) is 6.14. The Morgan fingerprint density at radius 3 is 2.09 bits per heavy atom. The molecule has 0 saturated carbocycles. The van der Waals surface area contributed by atoms with Gasteiger partial charge in [0.2, 0.25) is 5.91 Å². The van der Waals surface area contributed by atoms with E-state index in [-0.39, 0.29) is 12.5 Å². The summed E-state index contributed by atoms with van der Waals surface area (Å²) in [4.78, 5) is 19.8. The summed E-state index contributed by atoms with van der Waals surface area (Å²) in [6.07, 6.45) is 0.666. The van der Waals surface area contributed by atoms with Gasteiger partial charge in [0, 0.05) is 20.0 Å². The van der Waals surface area contributed by atoms with Gasteiger partial charge in [0.15, 0.2) is 0 Å². The Hall–Kier alpha value is -4.18. The molecule has 4 heteroatoms. The monoisotopic (exact) mass is 445 g/mol. The predicted molar refractivity (Wildman–Crippen MR) is 137 cm³/mol. The van der Waals surface area contributed by atoms with Crippen molar-refractivity contribution in [3.05, 3.63) is 126 Å². The fourth-order valence-electron chi connectivity index (χ4n) is 4.27. The van der Waals surface area contributed by atoms with Crippen LogP contribution in [0.25, 0.3) is 22.2 Å². The summed E-state index contributed by atoms with van der Waals surface area (Å²) < 4.78 is 2.06. The SMILES string of the molecule is CN(Cc1ccccc1)C(=O)Cn1c(Cc2ccc(-c3ccccc3)cc2)nc2ccccc21. The Balaban J connectivity index is 1.38. The summed E-state index contributed by atoms with van der Waals surface area (Å²) in [5.74, 6) is 0.961. The molecule has 0 radical (unpaired) electrons. The van der Waals surface area contributed by atoms with Gasteiger partial charge in [-0.05, 0) is 34.4 Å². The van der Waals surface area contributed by atoms with Crippen molar-refractivity contribution >= 4 is 16.9 Å². The zero-order chi connectivity index (χ0) is 23.3. The molecule has 0 atom stereocenters. The zero-order valence-corrected chi connectivity index (χ0v) is 19.3. The molecule has 0 unspecified atom stereocenters. The Morgan fingerprint density at radius 2 is 1.35 bits per heavy atom. The van der Waals surface area contributed by atoms with Gasteiger partial charge >= 0.3 is 0 Å². The molecular formula is C30H27N3O. The van der Waals surface area contributed by atoms with Crippen LogP contribution in [0.3, 0.4) is 0 Å². The lowest BCUT2D eigenvalue weighted by Crippen LogP contribution is -2.30. The van der Waals surface area contributed by atoms with Crippen LogP contribution in [-0.4, -0.2) is 27.4 Å². The van der Waals surface area contributed by atoms with Gasteiger partial charge in [-0.2, -0.15) is 0 Å². The third kappa shape index (κ3) is 4.76. The second-order valence-corrected chi connectivity index (χ2v) is 8.58. The van der Waals surface area contributed by atoms with Gasteiger partial charge in [0.25, 0.3) is 0 Å². The van der Waals surface area contributed by atoms with E-state index < -0.39 is 0 Å². The summed E-state index contributed by atoms with van der Waals surface area (Å²) in [6, 6.07) is 37.1. The predicted octanol–water partition coefficient (Wildman–Crippen LogP) is 5.95. The van der Waals surface area contributed by atoms with Crippen molar-refractivity contribution in [2.24, 2.45) is 0 Å². The molecule has 4 nitrogen and oxygen atoms in total. The van der Waals surface area contributed by atoms with Gasteiger partial charge in [-0.1, -0.05) is 97.1 Å². The van der Waals surface area contributed by atoms with Gasteiger partial charge in [0.05, 0.1) is 11.0 Å². The Labute approximate surface area is 200 Å². The summed E-state index contributed by atoms with van der Waals surface area (Å²) in [7, 11) is 1.86. The average molecular weight is 446 g/mol. The molecule has 4 aromatic carbocycles. The number of para-hydroxylation sites is 2. The zero-order valence-electron chi connectivity index (χ0n) is 19.3. The second-order valence-electron chi connectivity index (χ2n) is 8.58. The fourth-order valence-corrected chi connectivity index (χ4v) is 4.27. The van der Waals surface area contributed by atoms with Gasteiger partial charge < -0.3 is 9.47 Å². The minimum Gasteiger partial charge on any atom is -0.340 e. The van der Waals surface area contributed by atoms with Crippen molar-refractivity contribution < 1.29 is 4.79 Å². The molecule has 0 fully saturated rings. The number of hydrogen-bond acceptors (Lipinski definition) is 2. The minimum absolute atomic E-state index is 0.0627. The van der Waals surface area contributed by atoms with Crippen LogP contribution in [0.2, 0.25) is 0 Å². The number of likely N-dealkylation sites (N-methyl/N-ethyl adjacent to an activating group) is 1. The van der Waals surface area contributed by atoms with Crippen molar-refractivity contribution in [3.63, 3.8) is 0 Å². The van der Waals surface area contributed by atoms with Crippen LogP contribution in [0.1, 0.15) is 17.0 Å². The lowest BCUT2D eigenvalue weighted by atomic mass is 10.0. The highest BCUT2D eigenvalue weighted by molar-refractivity contribution is 5.81. The highest BCUT2D eigenvalue weighted by Crippen LogP contribution is 2.22. The Kier molecular flexibility index (Phi) is 6.21. The molecule has 1 amide bonds. The van der Waals surface area contributed by atoms with Crippen molar-refractivity contribution in [1.82, 2.24) is 14.5 Å². The first-order valence-corrected chi connectivity index (χ1v) is 11.5. The number of aromatic nitrogens is 2. The molecule has 0 spiro atoms. The van der Waals surface area contributed by atoms with E-state index in [0.717, 1.165) is 22.4 Å². The summed E-state index contributed by atoms with van der Waals surface area (Å²) in [5.41, 5.74) is 6.58. The number of fused-ring (bicyclic) bond motifs is 1. The largest absolute Gasteiger partial charge is 0.340 e. The number of hydrogen-bond donors (Lipinski definition) is 0. The molecule has 0 aliphatic rings. The van der Waals surface area contributed by atoms with Crippen LogP contribution in [0.5, 0.6) is 0 Å². The van der Waals surface area contributed by atoms with E-state index in [1.54, 1.807) is 4.90 Å². The Morgan fingerprint density at radius 1 is 0.735 bits per heavy atom. The van der Waals surface area contributed by atoms with E-state index in [1.165, 1.54) is 16.7 Å². The average Bonchev–Trinajstić information content (AvgIpc) is 3.22. The molecule has 5 rings (SSSR count). The topological polar surface area (TPSA) is 38.1 Å². The van der Waals surface area contributed by atoms with E-state index in [1.807, 2.05) is 67.7 Å². The van der Waals surface area contributed by atoms with Crippen molar-refractivity contribution in [3.8, 4) is 11.1 Å². The molecule has 0 saturated heterocycles. The number of rotatable bonds is 7. The number of carbonyl (C=O) groups excluding carboxylic acids is 1. The summed E-state index contributed by atoms with van der Waals surface area (Å²) in [6.45, 7) is 0.851. The molecule has 5 aromatic rings. The number of carbonyl (C=O) groups is 1.